The molecule has 1 aliphatic rings. The average Bonchev–Trinajstić information content (AvgIpc) is 3.34. The summed E-state index contributed by atoms with van der Waals surface area (Å²) in [5.74, 6) is -0.239. The topological polar surface area (TPSA) is 55.0 Å². The van der Waals surface area contributed by atoms with Crippen molar-refractivity contribution in [3.05, 3.63) is 102 Å². The summed E-state index contributed by atoms with van der Waals surface area (Å²) in [4.78, 5) is 11.0. The van der Waals surface area contributed by atoms with Crippen LogP contribution in [0.4, 0.5) is 4.39 Å². The van der Waals surface area contributed by atoms with Gasteiger partial charge in [-0.05, 0) is 94.8 Å². The molecule has 1 aliphatic heterocycles. The molecule has 5 rings (SSSR count). The monoisotopic (exact) mass is 485 g/mol. The van der Waals surface area contributed by atoms with Gasteiger partial charge >= 0.3 is 0 Å². The first kappa shape index (κ1) is 23.5. The number of nitrogens with zero attached hydrogens (tertiary/aromatic N) is 2. The van der Waals surface area contributed by atoms with Crippen molar-refractivity contribution in [3.8, 4) is 22.4 Å². The summed E-state index contributed by atoms with van der Waals surface area (Å²) >= 11 is -0.936. The fourth-order valence-corrected chi connectivity index (χ4v) is 5.15. The summed E-state index contributed by atoms with van der Waals surface area (Å²) in [5, 5.41) is 0. The van der Waals surface area contributed by atoms with Crippen molar-refractivity contribution in [2.45, 2.75) is 17.7 Å². The fourth-order valence-electron chi connectivity index (χ4n) is 4.63. The Hall–Kier alpha value is -3.19. The highest BCUT2D eigenvalue weighted by Crippen LogP contribution is 2.39. The lowest BCUT2D eigenvalue weighted by Crippen LogP contribution is -2.30. The maximum absolute atomic E-state index is 13.5. The zero-order valence-corrected chi connectivity index (χ0v) is 20.5. The van der Waals surface area contributed by atoms with Gasteiger partial charge in [-0.15, -0.1) is 0 Å². The molecule has 0 spiro atoms. The number of H-pyrrole nitrogens is 1. The molecular weight excluding hydrogens is 457 g/mol. The number of rotatable bonds is 7. The van der Waals surface area contributed by atoms with E-state index < -0.39 is 11.2 Å². The normalized spacial score (nSPS) is 15.1. The van der Waals surface area contributed by atoms with Gasteiger partial charge in [0.1, 0.15) is 12.1 Å². The molecule has 6 heteroatoms. The van der Waals surface area contributed by atoms with Gasteiger partial charge in [-0.1, -0.05) is 18.2 Å². The van der Waals surface area contributed by atoms with Crippen LogP contribution in [0.1, 0.15) is 17.5 Å². The van der Waals surface area contributed by atoms with E-state index in [1.807, 2.05) is 48.8 Å². The zero-order valence-electron chi connectivity index (χ0n) is 19.7. The number of nitrogens with one attached hydrogen (secondary N) is 1. The smallest absolute Gasteiger partial charge is 0.152 e. The van der Waals surface area contributed by atoms with Crippen molar-refractivity contribution in [1.29, 1.82) is 0 Å². The van der Waals surface area contributed by atoms with Crippen molar-refractivity contribution in [3.63, 3.8) is 0 Å². The van der Waals surface area contributed by atoms with Gasteiger partial charge in [-0.3, -0.25) is 9.88 Å². The van der Waals surface area contributed by atoms with Crippen LogP contribution in [0.3, 0.4) is 0 Å². The molecule has 2 aromatic carbocycles. The molecule has 1 atom stereocenters. The summed E-state index contributed by atoms with van der Waals surface area (Å²) in [6, 6.07) is 18.8. The van der Waals surface area contributed by atoms with Crippen LogP contribution in [0.2, 0.25) is 0 Å². The standard InChI is InChI=1S/C29H28FN3OS/c1-35(34)26-8-2-21(3-9-26)12-17-33-18-13-22(14-19-33)27-20-32-29(24-4-6-25(30)7-5-24)28(27)23-10-15-31-16-11-23/h2-11,13,15-16,20,32H,12,14,17-19H2,1H3. The van der Waals surface area contributed by atoms with Crippen LogP contribution in [0.25, 0.3) is 28.0 Å². The first-order valence-corrected chi connectivity index (χ1v) is 13.4. The Kier molecular flexibility index (Phi) is 7.13. The highest BCUT2D eigenvalue weighted by atomic mass is 32.2. The van der Waals surface area contributed by atoms with Gasteiger partial charge in [0, 0.05) is 49.4 Å². The SMILES string of the molecule is C[S+]([O-])c1ccc(CCN2CC=C(c3c[nH]c(-c4ccc(F)cc4)c3-c3ccncc3)CC2)cc1. The molecule has 0 aliphatic carbocycles. The third kappa shape index (κ3) is 5.40. The first-order chi connectivity index (χ1) is 17.1. The van der Waals surface area contributed by atoms with E-state index in [-0.39, 0.29) is 5.82 Å². The number of pyridine rings is 1. The van der Waals surface area contributed by atoms with Crippen LogP contribution in [0, 0.1) is 5.82 Å². The molecule has 0 saturated carbocycles. The summed E-state index contributed by atoms with van der Waals surface area (Å²) in [5.41, 5.74) is 7.96. The van der Waals surface area contributed by atoms with E-state index in [9.17, 15) is 8.94 Å². The number of benzene rings is 2. The van der Waals surface area contributed by atoms with Crippen molar-refractivity contribution in [1.82, 2.24) is 14.9 Å². The van der Waals surface area contributed by atoms with E-state index in [0.29, 0.717) is 0 Å². The van der Waals surface area contributed by atoms with E-state index in [1.165, 1.54) is 28.8 Å². The molecule has 1 N–H and O–H groups in total. The summed E-state index contributed by atoms with van der Waals surface area (Å²) in [7, 11) is 0. The van der Waals surface area contributed by atoms with Crippen LogP contribution in [0.5, 0.6) is 0 Å². The van der Waals surface area contributed by atoms with Gasteiger partial charge in [-0.2, -0.15) is 0 Å². The number of aromatic nitrogens is 2. The predicted octanol–water partition coefficient (Wildman–Crippen LogP) is 5.95. The number of halogens is 1. The van der Waals surface area contributed by atoms with Crippen LogP contribution in [-0.4, -0.2) is 45.3 Å². The van der Waals surface area contributed by atoms with Crippen LogP contribution in [-0.2, 0) is 17.6 Å². The Morgan fingerprint density at radius 2 is 1.74 bits per heavy atom. The molecule has 1 unspecified atom stereocenters. The molecule has 3 heterocycles. The first-order valence-electron chi connectivity index (χ1n) is 11.8. The number of hydrogen-bond acceptors (Lipinski definition) is 3. The minimum absolute atomic E-state index is 0.239. The van der Waals surface area contributed by atoms with Crippen molar-refractivity contribution >= 4 is 16.7 Å². The lowest BCUT2D eigenvalue weighted by molar-refractivity contribution is 0.306. The predicted molar refractivity (Wildman–Crippen MR) is 141 cm³/mol. The van der Waals surface area contributed by atoms with Gasteiger partial charge in [0.25, 0.3) is 0 Å². The highest BCUT2D eigenvalue weighted by Gasteiger charge is 2.20. The minimum Gasteiger partial charge on any atom is -0.612 e. The van der Waals surface area contributed by atoms with Crippen molar-refractivity contribution in [2.24, 2.45) is 0 Å². The molecule has 35 heavy (non-hydrogen) atoms. The largest absolute Gasteiger partial charge is 0.612 e. The molecule has 0 saturated heterocycles. The summed E-state index contributed by atoms with van der Waals surface area (Å²) < 4.78 is 25.1. The second-order valence-electron chi connectivity index (χ2n) is 8.82. The minimum atomic E-state index is -0.936. The van der Waals surface area contributed by atoms with E-state index >= 15 is 0 Å². The molecule has 2 aromatic heterocycles. The number of aromatic amines is 1. The zero-order chi connectivity index (χ0) is 24.2. The second-order valence-corrected chi connectivity index (χ2v) is 10.2. The molecule has 0 bridgehead atoms. The Labute approximate surface area is 208 Å². The molecule has 0 fully saturated rings. The molecular formula is C29H28FN3OS. The quantitative estimate of drug-likeness (QED) is 0.329. The van der Waals surface area contributed by atoms with Crippen LogP contribution < -0.4 is 0 Å². The highest BCUT2D eigenvalue weighted by molar-refractivity contribution is 7.90. The van der Waals surface area contributed by atoms with Crippen LogP contribution >= 0.6 is 0 Å². The second kappa shape index (κ2) is 10.6. The fraction of sp³-hybridized carbons (Fsp3) is 0.207. The van der Waals surface area contributed by atoms with E-state index in [2.05, 4.69) is 39.3 Å². The lowest BCUT2D eigenvalue weighted by atomic mass is 9.92. The van der Waals surface area contributed by atoms with Crippen molar-refractivity contribution in [2.75, 3.05) is 25.9 Å². The van der Waals surface area contributed by atoms with Gasteiger partial charge in [0.05, 0.1) is 5.69 Å². The van der Waals surface area contributed by atoms with Crippen LogP contribution in [0.15, 0.2) is 90.2 Å². The molecule has 0 amide bonds. The maximum atomic E-state index is 13.5. The molecule has 4 aromatic rings. The molecule has 178 valence electrons. The summed E-state index contributed by atoms with van der Waals surface area (Å²) in [6.45, 7) is 2.89. The average molecular weight is 486 g/mol. The van der Waals surface area contributed by atoms with E-state index in [0.717, 1.165) is 59.8 Å². The van der Waals surface area contributed by atoms with Gasteiger partial charge in [0.2, 0.25) is 0 Å². The van der Waals surface area contributed by atoms with Crippen molar-refractivity contribution < 1.29 is 8.94 Å². The van der Waals surface area contributed by atoms with E-state index in [1.54, 1.807) is 6.26 Å². The third-order valence-corrected chi connectivity index (χ3v) is 7.53. The van der Waals surface area contributed by atoms with Gasteiger partial charge < -0.3 is 9.54 Å². The lowest BCUT2D eigenvalue weighted by Gasteiger charge is -2.26. The van der Waals surface area contributed by atoms with Gasteiger partial charge in [-0.25, -0.2) is 4.39 Å². The van der Waals surface area contributed by atoms with Gasteiger partial charge in [0.15, 0.2) is 4.90 Å². The molecule has 4 nitrogen and oxygen atoms in total. The van der Waals surface area contributed by atoms with E-state index in [4.69, 9.17) is 0 Å². The summed E-state index contributed by atoms with van der Waals surface area (Å²) in [6.07, 6.45) is 11.7. The molecule has 0 radical (unpaired) electrons. The Morgan fingerprint density at radius 1 is 1.00 bits per heavy atom. The number of hydrogen-bond donors (Lipinski definition) is 1. The third-order valence-electron chi connectivity index (χ3n) is 6.59. The Bertz CT molecular complexity index is 1300. The Balaban J connectivity index is 1.34. The maximum Gasteiger partial charge on any atom is 0.152 e. The Morgan fingerprint density at radius 3 is 2.40 bits per heavy atom.